The molecule has 0 spiro atoms. The van der Waals surface area contributed by atoms with Crippen molar-refractivity contribution in [3.05, 3.63) is 124 Å². The molecule has 0 bridgehead atoms. The fourth-order valence-corrected chi connectivity index (χ4v) is 6.20. The van der Waals surface area contributed by atoms with Gasteiger partial charge in [0.25, 0.3) is 5.56 Å². The van der Waals surface area contributed by atoms with Crippen molar-refractivity contribution < 1.29 is 19.0 Å². The Bertz CT molecular complexity index is 1880. The third-order valence-electron chi connectivity index (χ3n) is 6.79. The van der Waals surface area contributed by atoms with E-state index in [9.17, 15) is 9.59 Å². The second-order valence-corrected chi connectivity index (χ2v) is 11.5. The average molecular weight is 624 g/mol. The quantitative estimate of drug-likeness (QED) is 0.225. The summed E-state index contributed by atoms with van der Waals surface area (Å²) < 4.78 is 19.0. The van der Waals surface area contributed by atoms with Gasteiger partial charge < -0.3 is 14.2 Å². The summed E-state index contributed by atoms with van der Waals surface area (Å²) in [6.45, 7) is 5.95. The van der Waals surface area contributed by atoms with E-state index in [2.05, 4.69) is 4.99 Å². The van der Waals surface area contributed by atoms with Crippen molar-refractivity contribution in [1.29, 1.82) is 0 Å². The molecule has 2 heterocycles. The van der Waals surface area contributed by atoms with Crippen molar-refractivity contribution >= 4 is 46.6 Å². The van der Waals surface area contributed by atoms with E-state index >= 15 is 0 Å². The first kappa shape index (κ1) is 29.6. The zero-order valence-corrected chi connectivity index (χ0v) is 25.8. The van der Waals surface area contributed by atoms with Gasteiger partial charge >= 0.3 is 5.97 Å². The number of methoxy groups -OCH3 is 1. The number of hydrogen-bond acceptors (Lipinski definition) is 7. The summed E-state index contributed by atoms with van der Waals surface area (Å²) in [6, 6.07) is 17.8. The van der Waals surface area contributed by atoms with Crippen LogP contribution in [0.2, 0.25) is 10.0 Å². The van der Waals surface area contributed by atoms with Crippen molar-refractivity contribution in [3.63, 3.8) is 0 Å². The lowest BCUT2D eigenvalue weighted by Gasteiger charge is -2.24. The first-order valence-electron chi connectivity index (χ1n) is 13.2. The predicted octanol–water partition coefficient (Wildman–Crippen LogP) is 6.00. The van der Waals surface area contributed by atoms with Gasteiger partial charge in [-0.2, -0.15) is 0 Å². The van der Waals surface area contributed by atoms with E-state index in [1.165, 1.54) is 11.3 Å². The van der Waals surface area contributed by atoms with Gasteiger partial charge in [0.1, 0.15) is 6.61 Å². The van der Waals surface area contributed by atoms with Gasteiger partial charge in [0.15, 0.2) is 16.3 Å². The molecule has 3 aromatic carbocycles. The van der Waals surface area contributed by atoms with Gasteiger partial charge in [-0.05, 0) is 62.2 Å². The van der Waals surface area contributed by atoms with E-state index in [0.29, 0.717) is 42.1 Å². The zero-order valence-electron chi connectivity index (χ0n) is 23.4. The van der Waals surface area contributed by atoms with Gasteiger partial charge in [0.05, 0.1) is 35.6 Å². The van der Waals surface area contributed by atoms with Crippen LogP contribution >= 0.6 is 34.5 Å². The first-order valence-corrected chi connectivity index (χ1v) is 14.8. The largest absolute Gasteiger partial charge is 0.493 e. The molecule has 216 valence electrons. The van der Waals surface area contributed by atoms with Gasteiger partial charge in [-0.1, -0.05) is 76.5 Å². The Hall–Kier alpha value is -3.85. The molecule has 0 amide bonds. The van der Waals surface area contributed by atoms with Crippen LogP contribution in [0.3, 0.4) is 0 Å². The minimum Gasteiger partial charge on any atom is -0.493 e. The molecule has 0 saturated heterocycles. The van der Waals surface area contributed by atoms with Crippen LogP contribution in [0.15, 0.2) is 81.7 Å². The lowest BCUT2D eigenvalue weighted by Crippen LogP contribution is -2.39. The summed E-state index contributed by atoms with van der Waals surface area (Å²) in [4.78, 5) is 32.1. The topological polar surface area (TPSA) is 79.1 Å². The molecule has 0 fully saturated rings. The fraction of sp³-hybridized carbons (Fsp3) is 0.219. The molecule has 1 atom stereocenters. The van der Waals surface area contributed by atoms with Crippen molar-refractivity contribution in [2.45, 2.75) is 33.4 Å². The summed E-state index contributed by atoms with van der Waals surface area (Å²) in [5, 5.41) is 1.06. The number of rotatable bonds is 8. The Morgan fingerprint density at radius 3 is 2.50 bits per heavy atom. The Kier molecular flexibility index (Phi) is 8.87. The van der Waals surface area contributed by atoms with E-state index in [4.69, 9.17) is 37.4 Å². The van der Waals surface area contributed by atoms with Crippen LogP contribution < -0.4 is 24.4 Å². The van der Waals surface area contributed by atoms with Crippen molar-refractivity contribution in [2.24, 2.45) is 4.99 Å². The molecule has 1 aliphatic heterocycles. The van der Waals surface area contributed by atoms with E-state index in [1.54, 1.807) is 55.9 Å². The summed E-state index contributed by atoms with van der Waals surface area (Å²) in [5.41, 5.74) is 4.02. The SMILES string of the molecule is CCOC(=O)C1=C(C)N=c2s/c(=C\c3ccc(OCc4ccc(Cl)cc4Cl)c(OC)c3)c(=O)n2[C@@H]1c1ccc(C)cc1. The van der Waals surface area contributed by atoms with Gasteiger partial charge in [0, 0.05) is 15.6 Å². The number of nitrogens with zero attached hydrogens (tertiary/aromatic N) is 2. The first-order chi connectivity index (χ1) is 20.2. The van der Waals surface area contributed by atoms with Gasteiger partial charge in [-0.25, -0.2) is 9.79 Å². The number of esters is 1. The maximum atomic E-state index is 13.9. The number of ether oxygens (including phenoxy) is 3. The lowest BCUT2D eigenvalue weighted by atomic mass is 9.95. The number of fused-ring (bicyclic) bond motifs is 1. The second-order valence-electron chi connectivity index (χ2n) is 9.65. The Morgan fingerprint density at radius 2 is 1.81 bits per heavy atom. The normalized spacial score (nSPS) is 14.8. The smallest absolute Gasteiger partial charge is 0.338 e. The Balaban J connectivity index is 1.53. The summed E-state index contributed by atoms with van der Waals surface area (Å²) in [7, 11) is 1.55. The molecule has 4 aromatic rings. The average Bonchev–Trinajstić information content (AvgIpc) is 3.26. The number of thiazole rings is 1. The Labute approximate surface area is 256 Å². The summed E-state index contributed by atoms with van der Waals surface area (Å²) in [6.07, 6.45) is 1.78. The van der Waals surface area contributed by atoms with Crippen molar-refractivity contribution in [3.8, 4) is 11.5 Å². The highest BCUT2D eigenvalue weighted by Gasteiger charge is 2.33. The molecule has 0 unspecified atom stereocenters. The third kappa shape index (κ3) is 6.02. The molecule has 42 heavy (non-hydrogen) atoms. The van der Waals surface area contributed by atoms with Gasteiger partial charge in [0.2, 0.25) is 0 Å². The Morgan fingerprint density at radius 1 is 1.05 bits per heavy atom. The molecule has 0 saturated carbocycles. The van der Waals surface area contributed by atoms with Crippen LogP contribution in [-0.4, -0.2) is 24.3 Å². The van der Waals surface area contributed by atoms with Crippen LogP contribution in [0.25, 0.3) is 6.08 Å². The predicted molar refractivity (Wildman–Crippen MR) is 165 cm³/mol. The number of hydrogen-bond donors (Lipinski definition) is 0. The number of aromatic nitrogens is 1. The summed E-state index contributed by atoms with van der Waals surface area (Å²) in [5.74, 6) is 0.537. The van der Waals surface area contributed by atoms with Crippen LogP contribution in [-0.2, 0) is 16.1 Å². The maximum Gasteiger partial charge on any atom is 0.338 e. The number of carbonyl (C=O) groups excluding carboxylic acids is 1. The molecular formula is C32H28Cl2N2O5S. The van der Waals surface area contributed by atoms with Crippen LogP contribution in [0.4, 0.5) is 0 Å². The third-order valence-corrected chi connectivity index (χ3v) is 8.36. The van der Waals surface area contributed by atoms with Crippen molar-refractivity contribution in [1.82, 2.24) is 4.57 Å². The molecular weight excluding hydrogens is 595 g/mol. The fourth-order valence-electron chi connectivity index (χ4n) is 4.69. The summed E-state index contributed by atoms with van der Waals surface area (Å²) >= 11 is 13.5. The van der Waals surface area contributed by atoms with Crippen LogP contribution in [0.1, 0.15) is 42.1 Å². The number of carbonyl (C=O) groups is 1. The highest BCUT2D eigenvalue weighted by molar-refractivity contribution is 7.07. The molecule has 10 heteroatoms. The molecule has 1 aromatic heterocycles. The van der Waals surface area contributed by atoms with E-state index < -0.39 is 12.0 Å². The van der Waals surface area contributed by atoms with E-state index in [-0.39, 0.29) is 18.8 Å². The van der Waals surface area contributed by atoms with Gasteiger partial charge in [-0.15, -0.1) is 0 Å². The number of benzene rings is 3. The molecule has 0 N–H and O–H groups in total. The van der Waals surface area contributed by atoms with Gasteiger partial charge in [-0.3, -0.25) is 9.36 Å². The van der Waals surface area contributed by atoms with Crippen LogP contribution in [0, 0.1) is 6.92 Å². The van der Waals surface area contributed by atoms with E-state index in [1.807, 2.05) is 43.3 Å². The number of allylic oxidation sites excluding steroid dienone is 1. The molecule has 5 rings (SSSR count). The van der Waals surface area contributed by atoms with Crippen molar-refractivity contribution in [2.75, 3.05) is 13.7 Å². The minimum absolute atomic E-state index is 0.217. The monoisotopic (exact) mass is 622 g/mol. The number of halogens is 2. The molecule has 7 nitrogen and oxygen atoms in total. The van der Waals surface area contributed by atoms with Crippen LogP contribution in [0.5, 0.6) is 11.5 Å². The van der Waals surface area contributed by atoms with E-state index in [0.717, 1.165) is 22.3 Å². The maximum absolute atomic E-state index is 13.9. The second kappa shape index (κ2) is 12.6. The highest BCUT2D eigenvalue weighted by atomic mass is 35.5. The minimum atomic E-state index is -0.659. The lowest BCUT2D eigenvalue weighted by molar-refractivity contribution is -0.139. The highest BCUT2D eigenvalue weighted by Crippen LogP contribution is 2.32. The molecule has 0 radical (unpaired) electrons. The zero-order chi connectivity index (χ0) is 30.0. The number of aryl methyl sites for hydroxylation is 1. The standard InChI is InChI=1S/C32H28Cl2N2O5S/c1-5-40-31(38)28-19(3)35-32-36(29(28)21-9-6-18(2)7-10-21)30(37)27(42-32)15-20-8-13-25(26(14-20)39-4)41-17-22-11-12-23(33)16-24(22)34/h6-16,29H,5,17H2,1-4H3/b27-15-/t29-/m1/s1. The molecule has 1 aliphatic rings. The molecule has 0 aliphatic carbocycles.